The predicted octanol–water partition coefficient (Wildman–Crippen LogP) is 4.60. The zero-order valence-corrected chi connectivity index (χ0v) is 13.8. The summed E-state index contributed by atoms with van der Waals surface area (Å²) in [6.45, 7) is 5.32. The van der Waals surface area contributed by atoms with Crippen LogP contribution in [0.1, 0.15) is 26.3 Å². The van der Waals surface area contributed by atoms with E-state index in [1.165, 1.54) is 6.08 Å². The highest BCUT2D eigenvalue weighted by atomic mass is 79.9. The highest BCUT2D eigenvalue weighted by Crippen LogP contribution is 2.26. The molecule has 0 amide bonds. The molecule has 0 saturated carbocycles. The maximum atomic E-state index is 11.5. The molecule has 0 aromatic heterocycles. The monoisotopic (exact) mass is 348 g/mol. The lowest BCUT2D eigenvalue weighted by Gasteiger charge is -2.30. The molecule has 1 heterocycles. The van der Waals surface area contributed by atoms with Gasteiger partial charge in [-0.1, -0.05) is 46.3 Å². The second kappa shape index (κ2) is 6.31. The lowest BCUT2D eigenvalue weighted by molar-refractivity contribution is -0.203. The summed E-state index contributed by atoms with van der Waals surface area (Å²) in [6.07, 6.45) is 7.18. The molecule has 1 aliphatic rings. The van der Waals surface area contributed by atoms with Crippen LogP contribution in [0.15, 0.2) is 58.3 Å². The molecule has 1 aromatic carbocycles. The average Bonchev–Trinajstić information content (AvgIpc) is 2.36. The second-order valence-electron chi connectivity index (χ2n) is 5.20. The van der Waals surface area contributed by atoms with Crippen molar-refractivity contribution < 1.29 is 14.3 Å². The molecule has 0 N–H and O–H groups in total. The molecule has 0 saturated heterocycles. The molecule has 0 atom stereocenters. The summed E-state index contributed by atoms with van der Waals surface area (Å²) in [4.78, 5) is 11.5. The van der Waals surface area contributed by atoms with Gasteiger partial charge < -0.3 is 9.47 Å². The minimum Gasteiger partial charge on any atom is -0.452 e. The molecule has 0 spiro atoms. The molecule has 3 nitrogen and oxygen atoms in total. The first-order valence-electron chi connectivity index (χ1n) is 6.60. The Balaban J connectivity index is 2.12. The van der Waals surface area contributed by atoms with Gasteiger partial charge in [0, 0.05) is 18.3 Å². The van der Waals surface area contributed by atoms with Crippen LogP contribution in [0.2, 0.25) is 0 Å². The number of carbonyl (C=O) groups excluding carboxylic acids is 1. The summed E-state index contributed by atoms with van der Waals surface area (Å²) in [5.74, 6) is -0.773. The molecule has 110 valence electrons. The van der Waals surface area contributed by atoms with Crippen molar-refractivity contribution in [1.82, 2.24) is 0 Å². The van der Waals surface area contributed by atoms with Gasteiger partial charge >= 0.3 is 5.97 Å². The topological polar surface area (TPSA) is 35.5 Å². The summed E-state index contributed by atoms with van der Waals surface area (Å²) >= 11 is 3.43. The zero-order valence-electron chi connectivity index (χ0n) is 12.2. The molecular weight excluding hydrogens is 332 g/mol. The molecule has 2 rings (SSSR count). The number of esters is 1. The minimum atomic E-state index is -0.926. The van der Waals surface area contributed by atoms with Gasteiger partial charge in [-0.15, -0.1) is 0 Å². The summed E-state index contributed by atoms with van der Waals surface area (Å²) in [6, 6.07) is 8.00. The van der Waals surface area contributed by atoms with Crippen LogP contribution in [0.3, 0.4) is 0 Å². The highest BCUT2D eigenvalue weighted by Gasteiger charge is 2.30. The summed E-state index contributed by atoms with van der Waals surface area (Å²) in [5.41, 5.74) is 1.96. The molecule has 0 aliphatic carbocycles. The van der Waals surface area contributed by atoms with Gasteiger partial charge in [0.2, 0.25) is 5.79 Å². The lowest BCUT2D eigenvalue weighted by atomic mass is 10.1. The number of hydrogen-bond donors (Lipinski definition) is 0. The molecule has 1 aromatic rings. The largest absolute Gasteiger partial charge is 0.452 e. The van der Waals surface area contributed by atoms with E-state index in [9.17, 15) is 4.79 Å². The molecule has 0 bridgehead atoms. The Labute approximate surface area is 133 Å². The lowest BCUT2D eigenvalue weighted by Crippen LogP contribution is -2.34. The van der Waals surface area contributed by atoms with E-state index in [2.05, 4.69) is 15.9 Å². The Hall–Kier alpha value is -1.81. The van der Waals surface area contributed by atoms with Crippen LogP contribution in [0.5, 0.6) is 0 Å². The number of allylic oxidation sites excluding steroid dienone is 3. The van der Waals surface area contributed by atoms with E-state index in [0.717, 1.165) is 15.6 Å². The summed E-state index contributed by atoms with van der Waals surface area (Å²) in [7, 11) is 0. The number of halogens is 1. The Morgan fingerprint density at radius 2 is 2.05 bits per heavy atom. The minimum absolute atomic E-state index is 0.384. The standard InChI is InChI=1S/C17H17BrO3/c1-12(15-11-16(19)21-17(2,3)20-15)6-4-7-13-8-5-9-14(18)10-13/h4-11H,1-3H3/b7-4+,12-6+. The number of cyclic esters (lactones) is 1. The van der Waals surface area contributed by atoms with E-state index >= 15 is 0 Å². The number of carbonyl (C=O) groups is 1. The fourth-order valence-corrected chi connectivity index (χ4v) is 2.30. The third kappa shape index (κ3) is 4.60. The number of benzene rings is 1. The molecule has 0 fully saturated rings. The molecule has 4 heteroatoms. The van der Waals surface area contributed by atoms with Gasteiger partial charge in [0.25, 0.3) is 0 Å². The first kappa shape index (κ1) is 15.6. The first-order valence-corrected chi connectivity index (χ1v) is 7.40. The van der Waals surface area contributed by atoms with E-state index in [1.54, 1.807) is 13.8 Å². The molecule has 21 heavy (non-hydrogen) atoms. The first-order chi connectivity index (χ1) is 9.85. The van der Waals surface area contributed by atoms with Gasteiger partial charge in [-0.25, -0.2) is 4.79 Å². The van der Waals surface area contributed by atoms with Gasteiger partial charge in [-0.3, -0.25) is 0 Å². The molecule has 0 radical (unpaired) electrons. The van der Waals surface area contributed by atoms with Crippen molar-refractivity contribution in [1.29, 1.82) is 0 Å². The Bertz CT molecular complexity index is 639. The zero-order chi connectivity index (χ0) is 15.5. The van der Waals surface area contributed by atoms with Crippen LogP contribution < -0.4 is 0 Å². The van der Waals surface area contributed by atoms with Gasteiger partial charge in [0.15, 0.2) is 0 Å². The van der Waals surface area contributed by atoms with E-state index < -0.39 is 5.79 Å². The molecular formula is C17H17BrO3. The van der Waals surface area contributed by atoms with Gasteiger partial charge in [0.1, 0.15) is 5.76 Å². The smallest absolute Gasteiger partial charge is 0.337 e. The Morgan fingerprint density at radius 3 is 2.71 bits per heavy atom. The fraction of sp³-hybridized carbons (Fsp3) is 0.235. The van der Waals surface area contributed by atoms with E-state index in [4.69, 9.17) is 9.47 Å². The maximum Gasteiger partial charge on any atom is 0.337 e. The van der Waals surface area contributed by atoms with Crippen molar-refractivity contribution in [2.24, 2.45) is 0 Å². The van der Waals surface area contributed by atoms with Crippen molar-refractivity contribution >= 4 is 28.0 Å². The predicted molar refractivity (Wildman–Crippen MR) is 86.3 cm³/mol. The van der Waals surface area contributed by atoms with Crippen molar-refractivity contribution in [3.63, 3.8) is 0 Å². The third-order valence-corrected chi connectivity index (χ3v) is 3.32. The van der Waals surface area contributed by atoms with Crippen LogP contribution in [-0.4, -0.2) is 11.8 Å². The van der Waals surface area contributed by atoms with Crippen molar-refractivity contribution in [2.75, 3.05) is 0 Å². The molecule has 0 unspecified atom stereocenters. The van der Waals surface area contributed by atoms with Crippen molar-refractivity contribution in [2.45, 2.75) is 26.6 Å². The van der Waals surface area contributed by atoms with Gasteiger partial charge in [-0.05, 0) is 30.2 Å². The van der Waals surface area contributed by atoms with Crippen LogP contribution in [0.4, 0.5) is 0 Å². The van der Waals surface area contributed by atoms with Crippen molar-refractivity contribution in [3.8, 4) is 0 Å². The maximum absolute atomic E-state index is 11.5. The van der Waals surface area contributed by atoms with E-state index in [0.29, 0.717) is 5.76 Å². The second-order valence-corrected chi connectivity index (χ2v) is 6.11. The highest BCUT2D eigenvalue weighted by molar-refractivity contribution is 9.10. The SMILES string of the molecule is C/C(=C\C=C\c1cccc(Br)c1)C1=CC(=O)OC(C)(C)O1. The number of hydrogen-bond acceptors (Lipinski definition) is 3. The van der Waals surface area contributed by atoms with Gasteiger partial charge in [-0.2, -0.15) is 0 Å². The Morgan fingerprint density at radius 1 is 1.29 bits per heavy atom. The third-order valence-electron chi connectivity index (χ3n) is 2.82. The molecule has 1 aliphatic heterocycles. The quantitative estimate of drug-likeness (QED) is 0.591. The van der Waals surface area contributed by atoms with Gasteiger partial charge in [0.05, 0.1) is 6.08 Å². The van der Waals surface area contributed by atoms with Crippen LogP contribution in [-0.2, 0) is 14.3 Å². The van der Waals surface area contributed by atoms with Crippen molar-refractivity contribution in [3.05, 3.63) is 63.9 Å². The van der Waals surface area contributed by atoms with Crippen LogP contribution in [0.25, 0.3) is 6.08 Å². The normalized spacial score (nSPS) is 18.2. The van der Waals surface area contributed by atoms with E-state index in [1.807, 2.05) is 49.4 Å². The average molecular weight is 349 g/mol. The van der Waals surface area contributed by atoms with Crippen LogP contribution >= 0.6 is 15.9 Å². The van der Waals surface area contributed by atoms with E-state index in [-0.39, 0.29) is 5.97 Å². The van der Waals surface area contributed by atoms with Crippen LogP contribution in [0, 0.1) is 0 Å². The number of rotatable bonds is 3. The summed E-state index contributed by atoms with van der Waals surface area (Å²) in [5, 5.41) is 0. The Kier molecular flexibility index (Phi) is 4.68. The number of ether oxygens (including phenoxy) is 2. The fourth-order valence-electron chi connectivity index (χ4n) is 1.88. The summed E-state index contributed by atoms with van der Waals surface area (Å²) < 4.78 is 11.7.